The first-order chi connectivity index (χ1) is 8.58. The summed E-state index contributed by atoms with van der Waals surface area (Å²) in [5.41, 5.74) is -0.197. The van der Waals surface area contributed by atoms with Gasteiger partial charge in [0, 0.05) is 6.92 Å². The summed E-state index contributed by atoms with van der Waals surface area (Å²) in [6, 6.07) is 1.20. The Labute approximate surface area is 101 Å². The number of aromatic nitrogens is 2. The molecule has 0 aromatic carbocycles. The molecular weight excluding hydrogens is 242 g/mol. The number of carboxylic acids is 1. The Kier molecular flexibility index (Phi) is 3.09. The van der Waals surface area contributed by atoms with Gasteiger partial charge in [0.1, 0.15) is 5.56 Å². The molecule has 0 saturated carbocycles. The van der Waals surface area contributed by atoms with E-state index in [9.17, 15) is 9.59 Å². The number of nitrogens with zero attached hydrogens (tertiary/aromatic N) is 2. The third kappa shape index (κ3) is 2.37. The van der Waals surface area contributed by atoms with Gasteiger partial charge in [-0.3, -0.25) is 4.79 Å². The Morgan fingerprint density at radius 2 is 2.28 bits per heavy atom. The van der Waals surface area contributed by atoms with Gasteiger partial charge in [0.2, 0.25) is 11.7 Å². The number of aryl methyl sites for hydroxylation is 1. The molecule has 0 unspecified atom stereocenters. The van der Waals surface area contributed by atoms with Crippen molar-refractivity contribution in [1.29, 1.82) is 0 Å². The largest absolute Gasteiger partial charge is 0.478 e. The lowest BCUT2D eigenvalue weighted by Crippen LogP contribution is -2.24. The third-order valence-corrected chi connectivity index (χ3v) is 2.08. The van der Waals surface area contributed by atoms with Crippen molar-refractivity contribution in [2.45, 2.75) is 13.5 Å². The predicted molar refractivity (Wildman–Crippen MR) is 55.9 cm³/mol. The standard InChI is InChI=1S/C10H9N3O5/c1-5-12-7(13-18-5)4-11-9(14)8-6(10(15)16)2-3-17-8/h2-3H,4H2,1H3,(H,11,14)(H,15,16). The summed E-state index contributed by atoms with van der Waals surface area (Å²) in [5, 5.41) is 14.8. The van der Waals surface area contributed by atoms with Crippen molar-refractivity contribution in [2.24, 2.45) is 0 Å². The van der Waals surface area contributed by atoms with Crippen LogP contribution in [-0.2, 0) is 6.54 Å². The van der Waals surface area contributed by atoms with E-state index in [1.54, 1.807) is 6.92 Å². The molecule has 2 aromatic rings. The van der Waals surface area contributed by atoms with Crippen LogP contribution in [-0.4, -0.2) is 27.1 Å². The second kappa shape index (κ2) is 4.70. The molecule has 2 rings (SSSR count). The van der Waals surface area contributed by atoms with E-state index < -0.39 is 11.9 Å². The zero-order valence-electron chi connectivity index (χ0n) is 9.34. The van der Waals surface area contributed by atoms with Gasteiger partial charge in [-0.2, -0.15) is 4.98 Å². The summed E-state index contributed by atoms with van der Waals surface area (Å²) in [4.78, 5) is 26.3. The molecule has 2 aromatic heterocycles. The summed E-state index contributed by atoms with van der Waals surface area (Å²) in [6.45, 7) is 1.64. The third-order valence-electron chi connectivity index (χ3n) is 2.08. The van der Waals surface area contributed by atoms with Gasteiger partial charge in [-0.05, 0) is 6.07 Å². The fourth-order valence-electron chi connectivity index (χ4n) is 1.31. The zero-order chi connectivity index (χ0) is 13.1. The van der Waals surface area contributed by atoms with E-state index in [2.05, 4.69) is 15.5 Å². The fourth-order valence-corrected chi connectivity index (χ4v) is 1.31. The summed E-state index contributed by atoms with van der Waals surface area (Å²) in [5.74, 6) is -1.47. The minimum Gasteiger partial charge on any atom is -0.478 e. The first kappa shape index (κ1) is 11.8. The number of carbonyl (C=O) groups is 2. The van der Waals surface area contributed by atoms with Gasteiger partial charge in [-0.1, -0.05) is 5.16 Å². The predicted octanol–water partition coefficient (Wildman–Crippen LogP) is 0.599. The second-order valence-corrected chi connectivity index (χ2v) is 3.38. The number of carbonyl (C=O) groups excluding carboxylic acids is 1. The first-order valence-electron chi connectivity index (χ1n) is 4.96. The number of aromatic carboxylic acids is 1. The second-order valence-electron chi connectivity index (χ2n) is 3.38. The van der Waals surface area contributed by atoms with E-state index in [1.807, 2.05) is 0 Å². The van der Waals surface area contributed by atoms with E-state index in [4.69, 9.17) is 14.0 Å². The van der Waals surface area contributed by atoms with E-state index >= 15 is 0 Å². The Hall–Kier alpha value is -2.64. The van der Waals surface area contributed by atoms with Crippen LogP contribution in [0.1, 0.15) is 32.6 Å². The Balaban J connectivity index is 2.04. The SMILES string of the molecule is Cc1nc(CNC(=O)c2occc2C(=O)O)no1. The highest BCUT2D eigenvalue weighted by molar-refractivity contribution is 6.02. The highest BCUT2D eigenvalue weighted by Gasteiger charge is 2.20. The summed E-state index contributed by atoms with van der Waals surface area (Å²) in [6.07, 6.45) is 1.14. The summed E-state index contributed by atoms with van der Waals surface area (Å²) >= 11 is 0. The lowest BCUT2D eigenvalue weighted by atomic mass is 10.2. The average Bonchev–Trinajstić information content (AvgIpc) is 2.94. The average molecular weight is 251 g/mol. The van der Waals surface area contributed by atoms with Crippen LogP contribution in [0.2, 0.25) is 0 Å². The lowest BCUT2D eigenvalue weighted by molar-refractivity contribution is 0.0688. The highest BCUT2D eigenvalue weighted by Crippen LogP contribution is 2.10. The maximum Gasteiger partial charge on any atom is 0.339 e. The molecule has 94 valence electrons. The molecule has 2 N–H and O–H groups in total. The van der Waals surface area contributed by atoms with Gasteiger partial charge in [-0.15, -0.1) is 0 Å². The van der Waals surface area contributed by atoms with Crippen LogP contribution in [0.3, 0.4) is 0 Å². The van der Waals surface area contributed by atoms with Crippen molar-refractivity contribution in [3.8, 4) is 0 Å². The molecule has 0 aliphatic carbocycles. The molecule has 0 fully saturated rings. The van der Waals surface area contributed by atoms with Crippen LogP contribution in [0.15, 0.2) is 21.3 Å². The van der Waals surface area contributed by atoms with E-state index in [0.29, 0.717) is 11.7 Å². The maximum absolute atomic E-state index is 11.7. The molecule has 0 saturated heterocycles. The summed E-state index contributed by atoms with van der Waals surface area (Å²) < 4.78 is 9.54. The van der Waals surface area contributed by atoms with Crippen LogP contribution >= 0.6 is 0 Å². The zero-order valence-corrected chi connectivity index (χ0v) is 9.34. The van der Waals surface area contributed by atoms with Crippen molar-refractivity contribution in [1.82, 2.24) is 15.5 Å². The van der Waals surface area contributed by atoms with Gasteiger partial charge in [0.25, 0.3) is 5.91 Å². The molecule has 0 atom stereocenters. The first-order valence-corrected chi connectivity index (χ1v) is 4.96. The van der Waals surface area contributed by atoms with Crippen LogP contribution < -0.4 is 5.32 Å². The van der Waals surface area contributed by atoms with Crippen molar-refractivity contribution in [3.63, 3.8) is 0 Å². The van der Waals surface area contributed by atoms with Crippen LogP contribution in [0.5, 0.6) is 0 Å². The monoisotopic (exact) mass is 251 g/mol. The van der Waals surface area contributed by atoms with Crippen LogP contribution in [0.25, 0.3) is 0 Å². The summed E-state index contributed by atoms with van der Waals surface area (Å²) in [7, 11) is 0. The lowest BCUT2D eigenvalue weighted by Gasteiger charge is -2.00. The van der Waals surface area contributed by atoms with Crippen molar-refractivity contribution < 1.29 is 23.6 Å². The molecule has 2 heterocycles. The maximum atomic E-state index is 11.7. The Bertz CT molecular complexity index is 586. The molecular formula is C10H9N3O5. The minimum atomic E-state index is -1.23. The number of furan rings is 1. The molecule has 0 aliphatic heterocycles. The molecule has 0 spiro atoms. The number of amides is 1. The van der Waals surface area contributed by atoms with E-state index in [0.717, 1.165) is 6.26 Å². The quantitative estimate of drug-likeness (QED) is 0.816. The van der Waals surface area contributed by atoms with Crippen LogP contribution in [0, 0.1) is 6.92 Å². The molecule has 8 nitrogen and oxygen atoms in total. The number of nitrogens with one attached hydrogen (secondary N) is 1. The molecule has 18 heavy (non-hydrogen) atoms. The normalized spacial score (nSPS) is 10.3. The van der Waals surface area contributed by atoms with Crippen molar-refractivity contribution in [2.75, 3.05) is 0 Å². The van der Waals surface area contributed by atoms with Gasteiger partial charge >= 0.3 is 5.97 Å². The van der Waals surface area contributed by atoms with E-state index in [-0.39, 0.29) is 17.9 Å². The molecule has 0 radical (unpaired) electrons. The Morgan fingerprint density at radius 1 is 1.50 bits per heavy atom. The molecule has 0 aliphatic rings. The topological polar surface area (TPSA) is 118 Å². The number of rotatable bonds is 4. The smallest absolute Gasteiger partial charge is 0.339 e. The van der Waals surface area contributed by atoms with E-state index in [1.165, 1.54) is 6.07 Å². The van der Waals surface area contributed by atoms with Gasteiger partial charge in [0.05, 0.1) is 12.8 Å². The van der Waals surface area contributed by atoms with Gasteiger partial charge in [0.15, 0.2) is 5.82 Å². The van der Waals surface area contributed by atoms with Crippen LogP contribution in [0.4, 0.5) is 0 Å². The fraction of sp³-hybridized carbons (Fsp3) is 0.200. The molecule has 8 heteroatoms. The number of hydrogen-bond donors (Lipinski definition) is 2. The minimum absolute atomic E-state index is 0.0237. The molecule has 1 amide bonds. The Morgan fingerprint density at radius 3 is 2.89 bits per heavy atom. The highest BCUT2D eigenvalue weighted by atomic mass is 16.5. The van der Waals surface area contributed by atoms with Crippen molar-refractivity contribution >= 4 is 11.9 Å². The molecule has 0 bridgehead atoms. The number of hydrogen-bond acceptors (Lipinski definition) is 6. The number of carboxylic acid groups (broad SMARTS) is 1. The van der Waals surface area contributed by atoms with Gasteiger partial charge < -0.3 is 19.4 Å². The van der Waals surface area contributed by atoms with Crippen molar-refractivity contribution in [3.05, 3.63) is 35.4 Å². The van der Waals surface area contributed by atoms with Gasteiger partial charge in [-0.25, -0.2) is 4.79 Å².